The fourth-order valence-corrected chi connectivity index (χ4v) is 4.22. The lowest BCUT2D eigenvalue weighted by atomic mass is 10.1. The molecule has 0 aromatic rings. The van der Waals surface area contributed by atoms with E-state index in [4.69, 9.17) is 18.9 Å². The van der Waals surface area contributed by atoms with Gasteiger partial charge in [0.15, 0.2) is 0 Å². The van der Waals surface area contributed by atoms with Crippen LogP contribution in [-0.2, 0) is 18.9 Å². The molecule has 0 aliphatic carbocycles. The van der Waals surface area contributed by atoms with Crippen LogP contribution in [0.25, 0.3) is 0 Å². The molecule has 6 fully saturated rings. The van der Waals surface area contributed by atoms with E-state index in [9.17, 15) is 10.2 Å². The van der Waals surface area contributed by atoms with Crippen LogP contribution in [0.4, 0.5) is 0 Å². The summed E-state index contributed by atoms with van der Waals surface area (Å²) in [5.41, 5.74) is 0. The van der Waals surface area contributed by atoms with Crippen molar-refractivity contribution in [1.29, 1.82) is 0 Å². The van der Waals surface area contributed by atoms with Crippen molar-refractivity contribution >= 4 is 0 Å². The first-order valence-electron chi connectivity index (χ1n) is 12.8. The van der Waals surface area contributed by atoms with Crippen LogP contribution < -0.4 is 10.6 Å². The molecular weight excluding hydrogens is 428 g/mol. The fraction of sp³-hybridized carbons (Fsp3) is 1.00. The van der Waals surface area contributed by atoms with Gasteiger partial charge in [0.2, 0.25) is 0 Å². The SMILES string of the molecule is C1CNCCN1.C1OC1CC1CO1.OC(CC1CO1)CN1CCN(CC(O)CC2CO2)CC1. The second kappa shape index (κ2) is 13.6. The summed E-state index contributed by atoms with van der Waals surface area (Å²) in [6.45, 7) is 13.5. The number of piperazine rings is 2. The standard InChI is InChI=1S/C14H26N2O4.C5H8O2.C4H10N2/c17-11(5-13-9-19-13)7-15-1-2-16(4-3-15)8-12(18)6-14-10-20-14;1(4-2-6-4)5-3-7-5;1-2-6-4-3-5-1/h11-14,17-18H,1-10H2;4-5H,1-3H2;5-6H,1-4H2. The molecule has 0 saturated carbocycles. The molecular formula is C23H44N4O6. The van der Waals surface area contributed by atoms with Crippen LogP contribution >= 0.6 is 0 Å². The third kappa shape index (κ3) is 12.2. The van der Waals surface area contributed by atoms with Crippen LogP contribution in [0, 0.1) is 0 Å². The lowest BCUT2D eigenvalue weighted by Crippen LogP contribution is -2.50. The van der Waals surface area contributed by atoms with Gasteiger partial charge in [-0.25, -0.2) is 0 Å². The smallest absolute Gasteiger partial charge is 0.0835 e. The zero-order valence-corrected chi connectivity index (χ0v) is 19.9. The summed E-state index contributed by atoms with van der Waals surface area (Å²) in [5.74, 6) is 0. The summed E-state index contributed by atoms with van der Waals surface area (Å²) in [5, 5.41) is 26.3. The number of aliphatic hydroxyl groups is 2. The summed E-state index contributed by atoms with van der Waals surface area (Å²) < 4.78 is 20.2. The van der Waals surface area contributed by atoms with Gasteiger partial charge in [0.25, 0.3) is 0 Å². The van der Waals surface area contributed by atoms with E-state index in [0.717, 1.165) is 111 Å². The number of β-amino-alcohol motifs (C(OH)–C–C–N with tert-alkyl or cyclic N) is 2. The molecule has 10 nitrogen and oxygen atoms in total. The van der Waals surface area contributed by atoms with E-state index in [1.807, 2.05) is 0 Å². The van der Waals surface area contributed by atoms with E-state index in [1.165, 1.54) is 0 Å². The Morgan fingerprint density at radius 3 is 1.21 bits per heavy atom. The van der Waals surface area contributed by atoms with Crippen molar-refractivity contribution in [3.8, 4) is 0 Å². The van der Waals surface area contributed by atoms with Gasteiger partial charge >= 0.3 is 0 Å². The molecule has 33 heavy (non-hydrogen) atoms. The van der Waals surface area contributed by atoms with E-state index >= 15 is 0 Å². The quantitative estimate of drug-likeness (QED) is 0.273. The zero-order chi connectivity index (χ0) is 22.9. The minimum absolute atomic E-state index is 0.272. The highest BCUT2D eigenvalue weighted by molar-refractivity contribution is 4.81. The number of nitrogens with zero attached hydrogens (tertiary/aromatic N) is 2. The number of nitrogens with one attached hydrogen (secondary N) is 2. The first-order valence-corrected chi connectivity index (χ1v) is 12.8. The van der Waals surface area contributed by atoms with Crippen molar-refractivity contribution < 1.29 is 29.2 Å². The lowest BCUT2D eigenvalue weighted by Gasteiger charge is -2.36. The third-order valence-electron chi connectivity index (χ3n) is 6.57. The Morgan fingerprint density at radius 2 is 0.939 bits per heavy atom. The molecule has 6 aliphatic heterocycles. The average molecular weight is 473 g/mol. The maximum atomic E-state index is 9.94. The molecule has 192 valence electrons. The minimum atomic E-state index is -0.272. The van der Waals surface area contributed by atoms with Crippen LogP contribution in [0.1, 0.15) is 19.3 Å². The first kappa shape index (κ1) is 25.7. The second-order valence-corrected chi connectivity index (χ2v) is 9.94. The summed E-state index contributed by atoms with van der Waals surface area (Å²) in [6.07, 6.45) is 3.84. The molecule has 6 atom stereocenters. The van der Waals surface area contributed by atoms with E-state index in [2.05, 4.69) is 20.4 Å². The Balaban J connectivity index is 0.000000160. The molecule has 6 heterocycles. The van der Waals surface area contributed by atoms with Crippen LogP contribution in [0.3, 0.4) is 0 Å². The number of epoxide rings is 4. The van der Waals surface area contributed by atoms with Crippen molar-refractivity contribution in [2.75, 3.05) is 91.9 Å². The second-order valence-electron chi connectivity index (χ2n) is 9.94. The molecule has 6 rings (SSSR count). The van der Waals surface area contributed by atoms with Gasteiger partial charge in [0, 0.05) is 84.7 Å². The van der Waals surface area contributed by atoms with Crippen molar-refractivity contribution in [1.82, 2.24) is 20.4 Å². The highest BCUT2D eigenvalue weighted by atomic mass is 16.6. The van der Waals surface area contributed by atoms with Gasteiger partial charge in [-0.05, 0) is 0 Å². The summed E-state index contributed by atoms with van der Waals surface area (Å²) in [7, 11) is 0. The average Bonchev–Trinajstić information content (AvgIpc) is 3.61. The Kier molecular flexibility index (Phi) is 10.6. The third-order valence-corrected chi connectivity index (χ3v) is 6.57. The zero-order valence-electron chi connectivity index (χ0n) is 19.9. The molecule has 0 aromatic carbocycles. The van der Waals surface area contributed by atoms with Crippen LogP contribution in [0.5, 0.6) is 0 Å². The number of aliphatic hydroxyl groups excluding tert-OH is 2. The van der Waals surface area contributed by atoms with Gasteiger partial charge < -0.3 is 39.8 Å². The monoisotopic (exact) mass is 472 g/mol. The molecule has 0 spiro atoms. The molecule has 6 aliphatic rings. The van der Waals surface area contributed by atoms with Crippen molar-refractivity contribution in [3.05, 3.63) is 0 Å². The van der Waals surface area contributed by atoms with Crippen LogP contribution in [0.2, 0.25) is 0 Å². The van der Waals surface area contributed by atoms with Crippen molar-refractivity contribution in [3.63, 3.8) is 0 Å². The number of hydrogen-bond acceptors (Lipinski definition) is 10. The van der Waals surface area contributed by atoms with Crippen molar-refractivity contribution in [2.24, 2.45) is 0 Å². The number of hydrogen-bond donors (Lipinski definition) is 4. The minimum Gasteiger partial charge on any atom is -0.392 e. The molecule has 4 N–H and O–H groups in total. The van der Waals surface area contributed by atoms with Crippen molar-refractivity contribution in [2.45, 2.75) is 55.9 Å². The topological polar surface area (TPSA) is 121 Å². The maximum Gasteiger partial charge on any atom is 0.0835 e. The highest BCUT2D eigenvalue weighted by Gasteiger charge is 2.33. The predicted octanol–water partition coefficient (Wildman–Crippen LogP) is -1.74. The maximum absolute atomic E-state index is 9.94. The Bertz CT molecular complexity index is 482. The van der Waals surface area contributed by atoms with E-state index in [0.29, 0.717) is 24.4 Å². The van der Waals surface area contributed by atoms with E-state index in [-0.39, 0.29) is 12.2 Å². The van der Waals surface area contributed by atoms with Gasteiger partial charge in [-0.15, -0.1) is 0 Å². The van der Waals surface area contributed by atoms with E-state index < -0.39 is 0 Å². The number of ether oxygens (including phenoxy) is 4. The van der Waals surface area contributed by atoms with Gasteiger partial charge in [0.1, 0.15) is 0 Å². The van der Waals surface area contributed by atoms with Gasteiger partial charge in [0.05, 0.1) is 63.1 Å². The Labute approximate surface area is 197 Å². The van der Waals surface area contributed by atoms with E-state index in [1.54, 1.807) is 0 Å². The van der Waals surface area contributed by atoms with Crippen LogP contribution in [0.15, 0.2) is 0 Å². The van der Waals surface area contributed by atoms with Gasteiger partial charge in [-0.1, -0.05) is 0 Å². The van der Waals surface area contributed by atoms with Crippen LogP contribution in [-0.4, -0.2) is 149 Å². The fourth-order valence-electron chi connectivity index (χ4n) is 4.22. The molecule has 0 bridgehead atoms. The highest BCUT2D eigenvalue weighted by Crippen LogP contribution is 2.23. The molecule has 10 heteroatoms. The first-order chi connectivity index (χ1) is 16.1. The normalized spacial score (nSPS) is 34.7. The Hall–Kier alpha value is -0.400. The molecule has 6 unspecified atom stereocenters. The summed E-state index contributed by atoms with van der Waals surface area (Å²) in [4.78, 5) is 4.61. The predicted molar refractivity (Wildman–Crippen MR) is 123 cm³/mol. The van der Waals surface area contributed by atoms with Gasteiger partial charge in [-0.3, -0.25) is 9.80 Å². The molecule has 0 aromatic heterocycles. The molecule has 6 saturated heterocycles. The Morgan fingerprint density at radius 1 is 0.606 bits per heavy atom. The van der Waals surface area contributed by atoms with Gasteiger partial charge in [-0.2, -0.15) is 0 Å². The summed E-state index contributed by atoms with van der Waals surface area (Å²) >= 11 is 0. The molecule has 0 radical (unpaired) electrons. The summed E-state index contributed by atoms with van der Waals surface area (Å²) in [6, 6.07) is 0. The lowest BCUT2D eigenvalue weighted by molar-refractivity contribution is 0.0409. The largest absolute Gasteiger partial charge is 0.392 e. The number of rotatable bonds is 10. The molecule has 0 amide bonds.